The Morgan fingerprint density at radius 2 is 2.11 bits per heavy atom. The van der Waals surface area contributed by atoms with Crippen LogP contribution in [0.15, 0.2) is 6.07 Å². The van der Waals surface area contributed by atoms with Gasteiger partial charge in [0.2, 0.25) is 5.88 Å². The van der Waals surface area contributed by atoms with Crippen LogP contribution in [0.1, 0.15) is 29.8 Å². The quantitative estimate of drug-likeness (QED) is 0.827. The molecule has 0 bridgehead atoms. The Bertz CT molecular complexity index is 475. The monoisotopic (exact) mass is 278 g/mol. The van der Waals surface area contributed by atoms with Crippen LogP contribution < -0.4 is 5.32 Å². The number of carbonyl (C=O) groups excluding carboxylic acids is 1. The summed E-state index contributed by atoms with van der Waals surface area (Å²) in [5, 5.41) is 11.9. The number of nitrogens with zero attached hydrogens (tertiary/aromatic N) is 1. The minimum atomic E-state index is -4.80. The van der Waals surface area contributed by atoms with Crippen molar-refractivity contribution in [3.8, 4) is 5.88 Å². The number of carbonyl (C=O) groups is 1. The summed E-state index contributed by atoms with van der Waals surface area (Å²) < 4.78 is 42.5. The van der Waals surface area contributed by atoms with Gasteiger partial charge in [-0.25, -0.2) is 4.79 Å². The van der Waals surface area contributed by atoms with Crippen molar-refractivity contribution in [2.24, 2.45) is 0 Å². The van der Waals surface area contributed by atoms with Crippen LogP contribution in [0.3, 0.4) is 0 Å². The number of rotatable bonds is 4. The summed E-state index contributed by atoms with van der Waals surface area (Å²) in [5.74, 6) is -2.26. The number of halogens is 3. The number of anilines is 1. The first kappa shape index (κ1) is 15.1. The molecule has 1 rings (SSSR count). The Balaban J connectivity index is 3.35. The number of aromatic nitrogens is 1. The van der Waals surface area contributed by atoms with Gasteiger partial charge in [0.15, 0.2) is 0 Å². The van der Waals surface area contributed by atoms with Gasteiger partial charge in [-0.3, -0.25) is 0 Å². The van der Waals surface area contributed by atoms with Crippen molar-refractivity contribution in [3.05, 3.63) is 17.2 Å². The molecule has 0 spiro atoms. The van der Waals surface area contributed by atoms with Crippen LogP contribution in [0.5, 0.6) is 5.88 Å². The molecule has 0 saturated heterocycles. The molecule has 0 amide bonds. The van der Waals surface area contributed by atoms with Crippen LogP contribution in [-0.4, -0.2) is 29.2 Å². The summed E-state index contributed by atoms with van der Waals surface area (Å²) in [5.41, 5.74) is -1.74. The summed E-state index contributed by atoms with van der Waals surface area (Å²) in [6.07, 6.45) is -4.80. The van der Waals surface area contributed by atoms with Gasteiger partial charge >= 0.3 is 12.1 Å². The second-order valence-electron chi connectivity index (χ2n) is 3.50. The Morgan fingerprint density at radius 3 is 2.58 bits per heavy atom. The molecule has 0 aliphatic rings. The summed E-state index contributed by atoms with van der Waals surface area (Å²) in [7, 11) is 0. The van der Waals surface area contributed by atoms with E-state index in [2.05, 4.69) is 15.0 Å². The lowest BCUT2D eigenvalue weighted by Gasteiger charge is -2.14. The van der Waals surface area contributed by atoms with Crippen LogP contribution in [0, 0.1) is 0 Å². The normalized spacial score (nSPS) is 11.2. The molecule has 19 heavy (non-hydrogen) atoms. The molecule has 1 aromatic heterocycles. The molecular formula is C11H13F3N2O3. The summed E-state index contributed by atoms with van der Waals surface area (Å²) in [4.78, 5) is 14.9. The van der Waals surface area contributed by atoms with E-state index in [1.54, 1.807) is 6.92 Å². The average molecular weight is 278 g/mol. The molecule has 0 aliphatic heterocycles. The number of aromatic hydroxyl groups is 1. The number of alkyl halides is 3. The highest BCUT2D eigenvalue weighted by Crippen LogP contribution is 2.36. The number of esters is 1. The van der Waals surface area contributed by atoms with Gasteiger partial charge in [-0.1, -0.05) is 0 Å². The van der Waals surface area contributed by atoms with Gasteiger partial charge in [0.1, 0.15) is 16.9 Å². The van der Waals surface area contributed by atoms with E-state index < -0.39 is 23.6 Å². The summed E-state index contributed by atoms with van der Waals surface area (Å²) in [6.45, 7) is 3.55. The molecule has 1 aromatic rings. The molecule has 106 valence electrons. The van der Waals surface area contributed by atoms with E-state index in [0.29, 0.717) is 12.6 Å². The molecular weight excluding hydrogens is 265 g/mol. The SMILES string of the molecule is CCNc1nc(O)c(C(F)(F)F)cc1C(=O)OCC. The maximum absolute atomic E-state index is 12.6. The molecule has 0 unspecified atom stereocenters. The zero-order chi connectivity index (χ0) is 14.6. The first-order valence-electron chi connectivity index (χ1n) is 5.53. The van der Waals surface area contributed by atoms with Gasteiger partial charge in [-0.2, -0.15) is 18.2 Å². The van der Waals surface area contributed by atoms with Crippen molar-refractivity contribution in [1.82, 2.24) is 4.98 Å². The summed E-state index contributed by atoms with van der Waals surface area (Å²) in [6, 6.07) is 0.526. The molecule has 0 aromatic carbocycles. The third-order valence-electron chi connectivity index (χ3n) is 2.15. The lowest BCUT2D eigenvalue weighted by Crippen LogP contribution is -2.15. The van der Waals surface area contributed by atoms with Gasteiger partial charge in [0, 0.05) is 6.54 Å². The van der Waals surface area contributed by atoms with Crippen molar-refractivity contribution in [1.29, 1.82) is 0 Å². The van der Waals surface area contributed by atoms with Crippen molar-refractivity contribution in [2.45, 2.75) is 20.0 Å². The largest absolute Gasteiger partial charge is 0.493 e. The maximum atomic E-state index is 12.6. The number of hydrogen-bond donors (Lipinski definition) is 2. The van der Waals surface area contributed by atoms with Gasteiger partial charge in [-0.05, 0) is 19.9 Å². The van der Waals surface area contributed by atoms with E-state index in [0.717, 1.165) is 0 Å². The zero-order valence-corrected chi connectivity index (χ0v) is 10.3. The lowest BCUT2D eigenvalue weighted by atomic mass is 10.1. The Labute approximate surface area is 107 Å². The first-order valence-corrected chi connectivity index (χ1v) is 5.53. The minimum Gasteiger partial charge on any atom is -0.493 e. The third-order valence-corrected chi connectivity index (χ3v) is 2.15. The van der Waals surface area contributed by atoms with E-state index in [4.69, 9.17) is 0 Å². The summed E-state index contributed by atoms with van der Waals surface area (Å²) >= 11 is 0. The molecule has 0 atom stereocenters. The van der Waals surface area contributed by atoms with Crippen LogP contribution in [-0.2, 0) is 10.9 Å². The van der Waals surface area contributed by atoms with E-state index in [1.165, 1.54) is 6.92 Å². The van der Waals surface area contributed by atoms with E-state index in [1.807, 2.05) is 0 Å². The smallest absolute Gasteiger partial charge is 0.421 e. The molecule has 2 N–H and O–H groups in total. The Hall–Kier alpha value is -1.99. The fourth-order valence-electron chi connectivity index (χ4n) is 1.38. The molecule has 0 saturated carbocycles. The predicted octanol–water partition coefficient (Wildman–Crippen LogP) is 2.41. The lowest BCUT2D eigenvalue weighted by molar-refractivity contribution is -0.139. The number of nitrogens with one attached hydrogen (secondary N) is 1. The van der Waals surface area contributed by atoms with Crippen molar-refractivity contribution in [2.75, 3.05) is 18.5 Å². The van der Waals surface area contributed by atoms with E-state index in [-0.39, 0.29) is 18.0 Å². The van der Waals surface area contributed by atoms with E-state index in [9.17, 15) is 23.1 Å². The standard InChI is InChI=1S/C11H13F3N2O3/c1-3-15-8-6(10(18)19-4-2)5-7(9(17)16-8)11(12,13)14/h5H,3-4H2,1-2H3,(H2,15,16,17). The van der Waals surface area contributed by atoms with Crippen LogP contribution in [0.25, 0.3) is 0 Å². The molecule has 8 heteroatoms. The third kappa shape index (κ3) is 3.49. The highest BCUT2D eigenvalue weighted by atomic mass is 19.4. The number of pyridine rings is 1. The average Bonchev–Trinajstić information content (AvgIpc) is 2.28. The number of hydrogen-bond acceptors (Lipinski definition) is 5. The van der Waals surface area contributed by atoms with Gasteiger partial charge in [-0.15, -0.1) is 0 Å². The minimum absolute atomic E-state index is 0.0205. The second-order valence-corrected chi connectivity index (χ2v) is 3.50. The highest BCUT2D eigenvalue weighted by Gasteiger charge is 2.36. The molecule has 0 aliphatic carbocycles. The molecule has 0 radical (unpaired) electrons. The highest BCUT2D eigenvalue weighted by molar-refractivity contribution is 5.95. The molecule has 1 heterocycles. The van der Waals surface area contributed by atoms with Gasteiger partial charge in [0.05, 0.1) is 6.61 Å². The zero-order valence-electron chi connectivity index (χ0n) is 10.3. The van der Waals surface area contributed by atoms with Crippen molar-refractivity contribution >= 4 is 11.8 Å². The van der Waals surface area contributed by atoms with Gasteiger partial charge < -0.3 is 15.2 Å². The topological polar surface area (TPSA) is 71.5 Å². The van der Waals surface area contributed by atoms with Crippen molar-refractivity contribution in [3.63, 3.8) is 0 Å². The Kier molecular flexibility index (Phi) is 4.57. The van der Waals surface area contributed by atoms with Gasteiger partial charge in [0.25, 0.3) is 0 Å². The Morgan fingerprint density at radius 1 is 1.47 bits per heavy atom. The van der Waals surface area contributed by atoms with Crippen LogP contribution >= 0.6 is 0 Å². The van der Waals surface area contributed by atoms with E-state index >= 15 is 0 Å². The van der Waals surface area contributed by atoms with Crippen LogP contribution in [0.2, 0.25) is 0 Å². The molecule has 0 fully saturated rings. The van der Waals surface area contributed by atoms with Crippen LogP contribution in [0.4, 0.5) is 19.0 Å². The fraction of sp³-hybridized carbons (Fsp3) is 0.455. The predicted molar refractivity (Wildman–Crippen MR) is 61.0 cm³/mol. The fourth-order valence-corrected chi connectivity index (χ4v) is 1.38. The maximum Gasteiger partial charge on any atom is 0.421 e. The van der Waals surface area contributed by atoms with Crippen molar-refractivity contribution < 1.29 is 27.8 Å². The number of ether oxygens (including phenoxy) is 1. The first-order chi connectivity index (χ1) is 8.81. The molecule has 5 nitrogen and oxygen atoms in total. The second kappa shape index (κ2) is 5.77.